The second kappa shape index (κ2) is 11.4. The average Bonchev–Trinajstić information content (AvgIpc) is 2.72. The Kier molecular flexibility index (Phi) is 9.36. The van der Waals surface area contributed by atoms with Crippen molar-refractivity contribution >= 4 is 54.0 Å². The van der Waals surface area contributed by atoms with E-state index >= 15 is 0 Å². The molecule has 3 aromatic carbocycles. The number of aliphatic imine (C=N–C) groups is 1. The Morgan fingerprint density at radius 1 is 0.971 bits per heavy atom. The molecule has 0 bridgehead atoms. The summed E-state index contributed by atoms with van der Waals surface area (Å²) in [5.41, 5.74) is -0.101. The van der Waals surface area contributed by atoms with E-state index < -0.39 is 44.2 Å². The van der Waals surface area contributed by atoms with Crippen LogP contribution < -0.4 is 34.7 Å². The van der Waals surface area contributed by atoms with Crippen LogP contribution in [-0.4, -0.2) is 49.9 Å². The van der Waals surface area contributed by atoms with E-state index in [0.29, 0.717) is 10.8 Å². The number of hydrogen-bond acceptors (Lipinski definition) is 11. The molecule has 0 aromatic heterocycles. The molecule has 3 aromatic rings. The van der Waals surface area contributed by atoms with Crippen LogP contribution in [0.1, 0.15) is 6.92 Å². The molecule has 0 saturated carbocycles. The maximum absolute atomic E-state index is 12.4. The Labute approximate surface area is 222 Å². The number of phenols is 2. The van der Waals surface area contributed by atoms with Crippen molar-refractivity contribution in [2.45, 2.75) is 11.8 Å². The number of sulfone groups is 1. The maximum atomic E-state index is 12.4. The van der Waals surface area contributed by atoms with Crippen molar-refractivity contribution < 1.29 is 70.4 Å². The molecule has 3 rings (SSSR count). The molecule has 0 aliphatic carbocycles. The van der Waals surface area contributed by atoms with E-state index in [0.717, 1.165) is 18.2 Å². The molecule has 0 amide bonds. The van der Waals surface area contributed by atoms with Gasteiger partial charge in [-0.15, -0.1) is 10.2 Å². The van der Waals surface area contributed by atoms with Gasteiger partial charge in [-0.3, -0.25) is 9.55 Å². The van der Waals surface area contributed by atoms with Gasteiger partial charge in [-0.2, -0.15) is 8.42 Å². The third-order valence-electron chi connectivity index (χ3n) is 4.40. The summed E-state index contributed by atoms with van der Waals surface area (Å²) in [6, 6.07) is 10.9. The first-order valence-corrected chi connectivity index (χ1v) is 12.5. The van der Waals surface area contributed by atoms with Crippen LogP contribution in [-0.2, 0) is 24.4 Å². The third kappa shape index (κ3) is 7.44. The molecule has 0 aliphatic heterocycles. The van der Waals surface area contributed by atoms with Crippen molar-refractivity contribution in [1.82, 2.24) is 0 Å². The maximum Gasteiger partial charge on any atom is 1.00 e. The van der Waals surface area contributed by atoms with E-state index in [9.17, 15) is 32.2 Å². The Morgan fingerprint density at radius 3 is 2.31 bits per heavy atom. The van der Waals surface area contributed by atoms with Crippen molar-refractivity contribution in [2.75, 3.05) is 12.4 Å². The summed E-state index contributed by atoms with van der Waals surface area (Å²) < 4.78 is 58.7. The molecule has 0 aliphatic rings. The molecule has 35 heavy (non-hydrogen) atoms. The van der Waals surface area contributed by atoms with Gasteiger partial charge in [0.25, 0.3) is 0 Å². The van der Waals surface area contributed by atoms with Crippen LogP contribution >= 0.6 is 0 Å². The van der Waals surface area contributed by atoms with Gasteiger partial charge in [0.2, 0.25) is 0 Å². The first-order valence-electron chi connectivity index (χ1n) is 9.44. The summed E-state index contributed by atoms with van der Waals surface area (Å²) in [5.74, 6) is -1.99. The van der Waals surface area contributed by atoms with E-state index in [1.807, 2.05) is 0 Å². The van der Waals surface area contributed by atoms with Crippen LogP contribution in [0.3, 0.4) is 0 Å². The van der Waals surface area contributed by atoms with Crippen LogP contribution in [0.4, 0.5) is 17.1 Å². The monoisotopic (exact) mass is 531 g/mol. The Balaban J connectivity index is 0.00000432. The van der Waals surface area contributed by atoms with Crippen LogP contribution in [0.25, 0.3) is 10.8 Å². The molecule has 15 heteroatoms. The summed E-state index contributed by atoms with van der Waals surface area (Å²) in [5, 5.41) is 40.7. The summed E-state index contributed by atoms with van der Waals surface area (Å²) in [4.78, 5) is 3.57. The van der Waals surface area contributed by atoms with Gasteiger partial charge < -0.3 is 15.3 Å². The normalized spacial score (nSPS) is 12.7. The number of benzene rings is 3. The van der Waals surface area contributed by atoms with E-state index in [-0.39, 0.29) is 57.3 Å². The number of azo groups is 1. The summed E-state index contributed by atoms with van der Waals surface area (Å²) in [6.45, 7) is 0.430. The number of fused-ring (bicyclic) bond motifs is 1. The van der Waals surface area contributed by atoms with Gasteiger partial charge in [0.15, 0.2) is 9.84 Å². The van der Waals surface area contributed by atoms with E-state index in [2.05, 4.69) is 19.4 Å². The predicted molar refractivity (Wildman–Crippen MR) is 120 cm³/mol. The van der Waals surface area contributed by atoms with Crippen LogP contribution in [0.5, 0.6) is 11.5 Å². The minimum atomic E-state index is -4.81. The Hall–Kier alpha value is -2.59. The van der Waals surface area contributed by atoms with Crippen molar-refractivity contribution in [2.24, 2.45) is 15.2 Å². The standard InChI is InChI=1S/C20H19N3O9S2.Na/c1-12(24)21-15-4-2-3-13-5-7-18(26)20(19(13)15)23-22-16-11-14(6-8-17(16)25)33(27,28)10-9-32-34(29,30)31;/h2-8,11,25-26H,9-10H2,1H3,(H,21,24)(H,29,30,31);/q;+1/p-1. The minimum Gasteiger partial charge on any atom is -0.862 e. The Morgan fingerprint density at radius 2 is 1.66 bits per heavy atom. The van der Waals surface area contributed by atoms with Gasteiger partial charge in [0.05, 0.1) is 22.9 Å². The fraction of sp³-hybridized carbons (Fsp3) is 0.150. The molecular formula is C20H18N3NaO9S2. The van der Waals surface area contributed by atoms with Crippen LogP contribution in [0, 0.1) is 0 Å². The first-order chi connectivity index (χ1) is 15.9. The fourth-order valence-electron chi connectivity index (χ4n) is 2.94. The number of phenolic OH excluding ortho intramolecular Hbond substituents is 2. The fourth-order valence-corrected chi connectivity index (χ4v) is 4.45. The van der Waals surface area contributed by atoms with Gasteiger partial charge in [0.1, 0.15) is 22.9 Å². The third-order valence-corrected chi connectivity index (χ3v) is 6.54. The van der Waals surface area contributed by atoms with Gasteiger partial charge >= 0.3 is 40.0 Å². The number of hydrogen-bond donors (Lipinski definition) is 3. The van der Waals surface area contributed by atoms with Gasteiger partial charge in [-0.1, -0.05) is 18.2 Å². The molecule has 12 nitrogen and oxygen atoms in total. The molecule has 0 atom stereocenters. The van der Waals surface area contributed by atoms with Crippen LogP contribution in [0.2, 0.25) is 0 Å². The van der Waals surface area contributed by atoms with Crippen molar-refractivity contribution in [3.05, 3.63) is 48.5 Å². The quantitative estimate of drug-likeness (QED) is 0.115. The topological polar surface area (TPSA) is 198 Å². The smallest absolute Gasteiger partial charge is 0.862 e. The second-order valence-electron chi connectivity index (χ2n) is 6.86. The van der Waals surface area contributed by atoms with Crippen molar-refractivity contribution in [1.29, 1.82) is 0 Å². The molecule has 0 unspecified atom stereocenters. The zero-order chi connectivity index (χ0) is 25.1. The van der Waals surface area contributed by atoms with Gasteiger partial charge in [0, 0.05) is 5.39 Å². The first kappa shape index (κ1) is 28.6. The number of nitrogens with zero attached hydrogens (tertiary/aromatic N) is 3. The van der Waals surface area contributed by atoms with Gasteiger partial charge in [-0.05, 0) is 48.5 Å². The van der Waals surface area contributed by atoms with E-state index in [1.54, 1.807) is 24.3 Å². The largest absolute Gasteiger partial charge is 1.00 e. The summed E-state index contributed by atoms with van der Waals surface area (Å²) in [6.07, 6.45) is 0. The minimum absolute atomic E-state index is 0. The second-order valence-corrected chi connectivity index (χ2v) is 10.1. The van der Waals surface area contributed by atoms with Crippen molar-refractivity contribution in [3.63, 3.8) is 0 Å². The van der Waals surface area contributed by atoms with Crippen LogP contribution in [0.15, 0.2) is 68.6 Å². The Bertz CT molecular complexity index is 1520. The zero-order valence-corrected chi connectivity index (χ0v) is 22.1. The average molecular weight is 532 g/mol. The SMILES string of the molecule is CC([O-])=Nc1cccc2ccc(O)c(N=Nc3cc(S(=O)(=O)CCOS(=O)(=O)O)ccc3O)c12.[Na+]. The molecule has 0 saturated heterocycles. The molecule has 180 valence electrons. The zero-order valence-electron chi connectivity index (χ0n) is 18.5. The van der Waals surface area contributed by atoms with Gasteiger partial charge in [-0.25, -0.2) is 12.6 Å². The van der Waals surface area contributed by atoms with E-state index in [4.69, 9.17) is 4.55 Å². The van der Waals surface area contributed by atoms with Crippen molar-refractivity contribution in [3.8, 4) is 11.5 Å². The number of aromatic hydroxyl groups is 2. The summed E-state index contributed by atoms with van der Waals surface area (Å²) >= 11 is 0. The molecule has 0 radical (unpaired) electrons. The molecule has 0 heterocycles. The summed E-state index contributed by atoms with van der Waals surface area (Å²) in [7, 11) is -8.89. The van der Waals surface area contributed by atoms with E-state index in [1.165, 1.54) is 13.0 Å². The number of rotatable bonds is 8. The molecule has 0 fully saturated rings. The molecule has 0 spiro atoms. The molecule has 3 N–H and O–H groups in total. The molecular weight excluding hydrogens is 513 g/mol. The predicted octanol–water partition coefficient (Wildman–Crippen LogP) is -0.326.